The first-order valence-corrected chi connectivity index (χ1v) is 6.95. The smallest absolute Gasteiger partial charge is 0.323 e. The van der Waals surface area contributed by atoms with Crippen LogP contribution in [0.4, 0.5) is 16.2 Å². The van der Waals surface area contributed by atoms with Crippen molar-refractivity contribution >= 4 is 17.4 Å². The minimum atomic E-state index is -0.262. The van der Waals surface area contributed by atoms with E-state index in [9.17, 15) is 4.79 Å². The summed E-state index contributed by atoms with van der Waals surface area (Å²) in [6.07, 6.45) is 0.133. The number of carbonyl (C=O) groups excluding carboxylic acids is 1. The molecule has 0 saturated heterocycles. The average Bonchev–Trinajstić information content (AvgIpc) is 2.43. The molecule has 2 rings (SSSR count). The number of urea groups is 1. The summed E-state index contributed by atoms with van der Waals surface area (Å²) in [5.74, 6) is 0.787. The molecule has 0 aliphatic carbocycles. The molecule has 0 spiro atoms. The molecule has 4 nitrogen and oxygen atoms in total. The highest BCUT2D eigenvalue weighted by Gasteiger charge is 2.05. The highest BCUT2D eigenvalue weighted by Crippen LogP contribution is 2.18. The number of anilines is 2. The SMILES string of the molecule is Cc1ccccc1NC(=O)Nc1ccc(OC(C)C)cc1. The number of carbonyl (C=O) groups is 1. The van der Waals surface area contributed by atoms with Crippen molar-refractivity contribution in [2.24, 2.45) is 0 Å². The lowest BCUT2D eigenvalue weighted by molar-refractivity contribution is 0.242. The van der Waals surface area contributed by atoms with Gasteiger partial charge in [-0.05, 0) is 56.7 Å². The molecule has 2 amide bonds. The van der Waals surface area contributed by atoms with E-state index in [1.54, 1.807) is 0 Å². The van der Waals surface area contributed by atoms with Gasteiger partial charge in [-0.15, -0.1) is 0 Å². The van der Waals surface area contributed by atoms with Crippen LogP contribution in [0, 0.1) is 6.92 Å². The van der Waals surface area contributed by atoms with Gasteiger partial charge in [0.05, 0.1) is 6.10 Å². The third kappa shape index (κ3) is 4.53. The number of benzene rings is 2. The molecule has 0 bridgehead atoms. The zero-order chi connectivity index (χ0) is 15.2. The van der Waals surface area contributed by atoms with Crippen molar-refractivity contribution in [3.63, 3.8) is 0 Å². The molecule has 0 atom stereocenters. The van der Waals surface area contributed by atoms with Gasteiger partial charge in [0, 0.05) is 11.4 Å². The van der Waals surface area contributed by atoms with Crippen LogP contribution in [0.3, 0.4) is 0 Å². The molecule has 0 fully saturated rings. The van der Waals surface area contributed by atoms with Gasteiger partial charge in [-0.25, -0.2) is 4.79 Å². The second-order valence-corrected chi connectivity index (χ2v) is 5.09. The normalized spacial score (nSPS) is 10.3. The summed E-state index contributed by atoms with van der Waals surface area (Å²) >= 11 is 0. The maximum atomic E-state index is 11.9. The van der Waals surface area contributed by atoms with Crippen LogP contribution in [-0.2, 0) is 0 Å². The van der Waals surface area contributed by atoms with E-state index < -0.39 is 0 Å². The monoisotopic (exact) mass is 284 g/mol. The van der Waals surface area contributed by atoms with Gasteiger partial charge in [-0.3, -0.25) is 0 Å². The van der Waals surface area contributed by atoms with Gasteiger partial charge in [0.2, 0.25) is 0 Å². The number of ether oxygens (including phenoxy) is 1. The van der Waals surface area contributed by atoms with Crippen molar-refractivity contribution in [1.29, 1.82) is 0 Å². The number of aryl methyl sites for hydroxylation is 1. The first-order chi connectivity index (χ1) is 10.0. The van der Waals surface area contributed by atoms with Crippen LogP contribution in [0.1, 0.15) is 19.4 Å². The number of hydrogen-bond acceptors (Lipinski definition) is 2. The van der Waals surface area contributed by atoms with Gasteiger partial charge in [-0.2, -0.15) is 0 Å². The maximum Gasteiger partial charge on any atom is 0.323 e. The fourth-order valence-corrected chi connectivity index (χ4v) is 1.89. The molecule has 0 aromatic heterocycles. The first kappa shape index (κ1) is 14.9. The van der Waals surface area contributed by atoms with E-state index in [1.807, 2.05) is 69.3 Å². The minimum Gasteiger partial charge on any atom is -0.491 e. The van der Waals surface area contributed by atoms with Crippen LogP contribution < -0.4 is 15.4 Å². The summed E-state index contributed by atoms with van der Waals surface area (Å²) < 4.78 is 5.56. The summed E-state index contributed by atoms with van der Waals surface area (Å²) in [6, 6.07) is 14.7. The van der Waals surface area contributed by atoms with E-state index in [4.69, 9.17) is 4.74 Å². The van der Waals surface area contributed by atoms with Crippen LogP contribution in [0.2, 0.25) is 0 Å². The van der Waals surface area contributed by atoms with E-state index in [-0.39, 0.29) is 12.1 Å². The maximum absolute atomic E-state index is 11.9. The van der Waals surface area contributed by atoms with Crippen LogP contribution in [0.15, 0.2) is 48.5 Å². The summed E-state index contributed by atoms with van der Waals surface area (Å²) in [6.45, 7) is 5.90. The van der Waals surface area contributed by atoms with Crippen molar-refractivity contribution in [2.75, 3.05) is 10.6 Å². The van der Waals surface area contributed by atoms with Crippen molar-refractivity contribution in [3.8, 4) is 5.75 Å². The van der Waals surface area contributed by atoms with E-state index >= 15 is 0 Å². The van der Waals surface area contributed by atoms with Gasteiger partial charge < -0.3 is 15.4 Å². The summed E-state index contributed by atoms with van der Waals surface area (Å²) in [7, 11) is 0. The quantitative estimate of drug-likeness (QED) is 0.872. The fraction of sp³-hybridized carbons (Fsp3) is 0.235. The zero-order valence-electron chi connectivity index (χ0n) is 12.5. The summed E-state index contributed by atoms with van der Waals surface area (Å²) in [5.41, 5.74) is 2.54. The molecular formula is C17H20N2O2. The summed E-state index contributed by atoms with van der Waals surface area (Å²) in [5, 5.41) is 5.62. The standard InChI is InChI=1S/C17H20N2O2/c1-12(2)21-15-10-8-14(9-11-15)18-17(20)19-16-7-5-4-6-13(16)3/h4-12H,1-3H3,(H2,18,19,20). The number of amides is 2. The molecule has 0 aliphatic heterocycles. The Bertz CT molecular complexity index is 606. The Kier molecular flexibility index (Phi) is 4.82. The zero-order valence-corrected chi connectivity index (χ0v) is 12.5. The molecule has 0 saturated carbocycles. The largest absolute Gasteiger partial charge is 0.491 e. The highest BCUT2D eigenvalue weighted by atomic mass is 16.5. The van der Waals surface area contributed by atoms with Crippen molar-refractivity contribution in [1.82, 2.24) is 0 Å². The van der Waals surface area contributed by atoms with Crippen molar-refractivity contribution < 1.29 is 9.53 Å². The lowest BCUT2D eigenvalue weighted by Gasteiger charge is -2.12. The van der Waals surface area contributed by atoms with Gasteiger partial charge in [0.15, 0.2) is 0 Å². The Labute approximate surface area is 125 Å². The molecule has 0 unspecified atom stereocenters. The van der Waals surface area contributed by atoms with Crippen molar-refractivity contribution in [2.45, 2.75) is 26.9 Å². The Morgan fingerprint density at radius 1 is 1.00 bits per heavy atom. The fourth-order valence-electron chi connectivity index (χ4n) is 1.89. The van der Waals surface area contributed by atoms with Gasteiger partial charge in [0.1, 0.15) is 5.75 Å². The van der Waals surface area contributed by atoms with Crippen LogP contribution in [0.25, 0.3) is 0 Å². The van der Waals surface area contributed by atoms with Crippen molar-refractivity contribution in [3.05, 3.63) is 54.1 Å². The Morgan fingerprint density at radius 2 is 1.67 bits per heavy atom. The Balaban J connectivity index is 1.95. The topological polar surface area (TPSA) is 50.4 Å². The van der Waals surface area contributed by atoms with Gasteiger partial charge in [-0.1, -0.05) is 18.2 Å². The molecule has 2 aromatic rings. The second kappa shape index (κ2) is 6.79. The van der Waals surface area contributed by atoms with E-state index in [1.165, 1.54) is 0 Å². The summed E-state index contributed by atoms with van der Waals surface area (Å²) in [4.78, 5) is 11.9. The Hall–Kier alpha value is -2.49. The molecule has 2 aromatic carbocycles. The van der Waals surface area contributed by atoms with E-state index in [0.29, 0.717) is 0 Å². The Morgan fingerprint density at radius 3 is 2.29 bits per heavy atom. The molecule has 4 heteroatoms. The van der Waals surface area contributed by atoms with Gasteiger partial charge >= 0.3 is 6.03 Å². The van der Waals surface area contributed by atoms with E-state index in [0.717, 1.165) is 22.7 Å². The predicted molar refractivity (Wildman–Crippen MR) is 86.0 cm³/mol. The van der Waals surface area contributed by atoms with E-state index in [2.05, 4.69) is 10.6 Å². The third-order valence-corrected chi connectivity index (χ3v) is 2.88. The highest BCUT2D eigenvalue weighted by molar-refractivity contribution is 6.00. The third-order valence-electron chi connectivity index (χ3n) is 2.88. The minimum absolute atomic E-state index is 0.133. The van der Waals surface area contributed by atoms with Crippen LogP contribution in [0.5, 0.6) is 5.75 Å². The predicted octanol–water partition coefficient (Wildman–Crippen LogP) is 4.43. The molecule has 110 valence electrons. The molecule has 2 N–H and O–H groups in total. The average molecular weight is 284 g/mol. The molecule has 0 heterocycles. The molecular weight excluding hydrogens is 264 g/mol. The first-order valence-electron chi connectivity index (χ1n) is 6.95. The van der Waals surface area contributed by atoms with Crippen LogP contribution >= 0.6 is 0 Å². The lowest BCUT2D eigenvalue weighted by Crippen LogP contribution is -2.19. The number of para-hydroxylation sites is 1. The number of nitrogens with one attached hydrogen (secondary N) is 2. The van der Waals surface area contributed by atoms with Crippen LogP contribution in [-0.4, -0.2) is 12.1 Å². The molecule has 0 aliphatic rings. The number of rotatable bonds is 4. The lowest BCUT2D eigenvalue weighted by atomic mass is 10.2. The number of hydrogen-bond donors (Lipinski definition) is 2. The second-order valence-electron chi connectivity index (χ2n) is 5.09. The van der Waals surface area contributed by atoms with Gasteiger partial charge in [0.25, 0.3) is 0 Å². The molecule has 0 radical (unpaired) electrons. The molecule has 21 heavy (non-hydrogen) atoms.